The monoisotopic (exact) mass is 190 g/mol. The zero-order valence-electron chi connectivity index (χ0n) is 9.21. The molecule has 0 N–H and O–H groups in total. The number of ketones is 1. The van der Waals surface area contributed by atoms with Crippen molar-refractivity contribution in [3.8, 4) is 0 Å². The Bertz CT molecular complexity index is 298. The Kier molecular flexibility index (Phi) is 3.87. The van der Waals surface area contributed by atoms with Crippen LogP contribution in [-0.2, 0) is 11.2 Å². The fourth-order valence-electron chi connectivity index (χ4n) is 1.34. The number of rotatable bonds is 4. The van der Waals surface area contributed by atoms with E-state index in [4.69, 9.17) is 0 Å². The van der Waals surface area contributed by atoms with Crippen molar-refractivity contribution < 1.29 is 4.79 Å². The highest BCUT2D eigenvalue weighted by Crippen LogP contribution is 2.11. The molecule has 1 atom stereocenters. The molecule has 1 nitrogen and oxygen atoms in total. The summed E-state index contributed by atoms with van der Waals surface area (Å²) in [6, 6.07) is 8.52. The quantitative estimate of drug-likeness (QED) is 0.712. The number of hydrogen-bond donors (Lipinski definition) is 0. The van der Waals surface area contributed by atoms with Crippen LogP contribution in [0.2, 0.25) is 0 Å². The highest BCUT2D eigenvalue weighted by molar-refractivity contribution is 5.77. The van der Waals surface area contributed by atoms with Crippen LogP contribution in [0.3, 0.4) is 0 Å². The molecule has 0 aliphatic rings. The van der Waals surface area contributed by atoms with Crippen LogP contribution in [0, 0.1) is 12.8 Å². The molecule has 0 spiro atoms. The van der Waals surface area contributed by atoms with Gasteiger partial charge in [0, 0.05) is 5.92 Å². The number of carbonyl (C=O) groups is 1. The zero-order valence-corrected chi connectivity index (χ0v) is 9.21. The lowest BCUT2D eigenvalue weighted by atomic mass is 9.98. The fourth-order valence-corrected chi connectivity index (χ4v) is 1.34. The van der Waals surface area contributed by atoms with Gasteiger partial charge in [-0.3, -0.25) is 4.79 Å². The van der Waals surface area contributed by atoms with Crippen molar-refractivity contribution in [3.63, 3.8) is 0 Å². The number of carbonyl (C=O) groups excluding carboxylic acids is 1. The van der Waals surface area contributed by atoms with Gasteiger partial charge in [-0.25, -0.2) is 0 Å². The summed E-state index contributed by atoms with van der Waals surface area (Å²) in [5, 5.41) is 0. The first-order chi connectivity index (χ1) is 6.59. The Morgan fingerprint density at radius 3 is 2.36 bits per heavy atom. The van der Waals surface area contributed by atoms with Gasteiger partial charge in [0.15, 0.2) is 0 Å². The second-order valence-electron chi connectivity index (χ2n) is 4.04. The van der Waals surface area contributed by atoms with E-state index in [1.165, 1.54) is 11.1 Å². The van der Waals surface area contributed by atoms with Gasteiger partial charge in [-0.05, 0) is 32.3 Å². The predicted molar refractivity (Wildman–Crippen MR) is 59.3 cm³/mol. The molecule has 0 saturated heterocycles. The molecule has 0 radical (unpaired) electrons. The molecule has 1 unspecified atom stereocenters. The van der Waals surface area contributed by atoms with Gasteiger partial charge in [0.25, 0.3) is 0 Å². The van der Waals surface area contributed by atoms with E-state index < -0.39 is 0 Å². The van der Waals surface area contributed by atoms with Crippen molar-refractivity contribution >= 4 is 5.78 Å². The third kappa shape index (κ3) is 3.33. The van der Waals surface area contributed by atoms with E-state index >= 15 is 0 Å². The summed E-state index contributed by atoms with van der Waals surface area (Å²) in [5.74, 6) is 0.480. The summed E-state index contributed by atoms with van der Waals surface area (Å²) >= 11 is 0. The van der Waals surface area contributed by atoms with Crippen molar-refractivity contribution in [3.05, 3.63) is 35.4 Å². The summed E-state index contributed by atoms with van der Waals surface area (Å²) in [5.41, 5.74) is 2.61. The van der Waals surface area contributed by atoms with Gasteiger partial charge in [0.2, 0.25) is 0 Å². The third-order valence-electron chi connectivity index (χ3n) is 2.68. The average molecular weight is 190 g/mol. The van der Waals surface area contributed by atoms with E-state index in [-0.39, 0.29) is 11.7 Å². The van der Waals surface area contributed by atoms with Crippen LogP contribution in [0.25, 0.3) is 0 Å². The average Bonchev–Trinajstić information content (AvgIpc) is 2.16. The summed E-state index contributed by atoms with van der Waals surface area (Å²) in [4.78, 5) is 11.0. The molecule has 76 valence electrons. The van der Waals surface area contributed by atoms with E-state index in [9.17, 15) is 4.79 Å². The molecular formula is C13H18O. The van der Waals surface area contributed by atoms with Crippen molar-refractivity contribution in [2.75, 3.05) is 0 Å². The minimum atomic E-state index is 0.191. The van der Waals surface area contributed by atoms with Gasteiger partial charge in [-0.1, -0.05) is 36.8 Å². The van der Waals surface area contributed by atoms with Crippen molar-refractivity contribution in [2.45, 2.75) is 33.6 Å². The summed E-state index contributed by atoms with van der Waals surface area (Å²) in [6.45, 7) is 5.75. The van der Waals surface area contributed by atoms with Gasteiger partial charge < -0.3 is 0 Å². The maximum atomic E-state index is 11.0. The number of Topliss-reactive ketones (excluding diaryl/α,β-unsaturated/α-hetero) is 1. The first-order valence-corrected chi connectivity index (χ1v) is 5.15. The van der Waals surface area contributed by atoms with Crippen LogP contribution < -0.4 is 0 Å². The van der Waals surface area contributed by atoms with Crippen molar-refractivity contribution in [1.29, 1.82) is 0 Å². The fraction of sp³-hybridized carbons (Fsp3) is 0.462. The first-order valence-electron chi connectivity index (χ1n) is 5.15. The van der Waals surface area contributed by atoms with Crippen molar-refractivity contribution in [2.24, 2.45) is 5.92 Å². The Morgan fingerprint density at radius 1 is 1.29 bits per heavy atom. The van der Waals surface area contributed by atoms with E-state index in [1.54, 1.807) is 6.92 Å². The molecule has 1 rings (SSSR count). The number of aryl methyl sites for hydroxylation is 2. The highest BCUT2D eigenvalue weighted by atomic mass is 16.1. The van der Waals surface area contributed by atoms with E-state index in [0.29, 0.717) is 0 Å². The largest absolute Gasteiger partial charge is 0.300 e. The molecule has 0 heterocycles. The first kappa shape index (κ1) is 11.0. The maximum Gasteiger partial charge on any atom is 0.132 e. The summed E-state index contributed by atoms with van der Waals surface area (Å²) in [6.07, 6.45) is 1.96. The molecule has 0 fully saturated rings. The van der Waals surface area contributed by atoms with E-state index in [2.05, 4.69) is 31.2 Å². The Labute approximate surface area is 86.1 Å². The maximum absolute atomic E-state index is 11.0. The van der Waals surface area contributed by atoms with Crippen molar-refractivity contribution in [1.82, 2.24) is 0 Å². The molecule has 1 aromatic carbocycles. The molecule has 0 aromatic heterocycles. The van der Waals surface area contributed by atoms with Gasteiger partial charge in [-0.15, -0.1) is 0 Å². The van der Waals surface area contributed by atoms with Gasteiger partial charge in [0.05, 0.1) is 0 Å². The normalized spacial score (nSPS) is 12.5. The second-order valence-corrected chi connectivity index (χ2v) is 4.04. The smallest absolute Gasteiger partial charge is 0.132 e. The van der Waals surface area contributed by atoms with Gasteiger partial charge in [-0.2, -0.15) is 0 Å². The lowest BCUT2D eigenvalue weighted by Gasteiger charge is -2.07. The predicted octanol–water partition coefficient (Wildman–Crippen LogP) is 3.15. The molecule has 0 aliphatic heterocycles. The van der Waals surface area contributed by atoms with Crippen LogP contribution in [0.15, 0.2) is 24.3 Å². The lowest BCUT2D eigenvalue weighted by molar-refractivity contribution is -0.120. The highest BCUT2D eigenvalue weighted by Gasteiger charge is 2.06. The standard InChI is InChI=1S/C13H18O/c1-10-4-7-13(8-5-10)9-6-11(2)12(3)14/h4-5,7-8,11H,6,9H2,1-3H3. The molecule has 1 heteroatoms. The topological polar surface area (TPSA) is 17.1 Å². The minimum absolute atomic E-state index is 0.191. The van der Waals surface area contributed by atoms with Gasteiger partial charge >= 0.3 is 0 Å². The summed E-state index contributed by atoms with van der Waals surface area (Å²) in [7, 11) is 0. The van der Waals surface area contributed by atoms with Crippen LogP contribution in [0.1, 0.15) is 31.4 Å². The van der Waals surface area contributed by atoms with E-state index in [0.717, 1.165) is 12.8 Å². The van der Waals surface area contributed by atoms with Crippen LogP contribution in [0.4, 0.5) is 0 Å². The van der Waals surface area contributed by atoms with E-state index in [1.807, 2.05) is 6.92 Å². The molecular weight excluding hydrogens is 172 g/mol. The SMILES string of the molecule is CC(=O)C(C)CCc1ccc(C)cc1. The second kappa shape index (κ2) is 4.94. The molecule has 0 amide bonds. The number of hydrogen-bond acceptors (Lipinski definition) is 1. The molecule has 1 aromatic rings. The van der Waals surface area contributed by atoms with Crippen LogP contribution >= 0.6 is 0 Å². The zero-order chi connectivity index (χ0) is 10.6. The minimum Gasteiger partial charge on any atom is -0.300 e. The molecule has 0 saturated carbocycles. The molecule has 14 heavy (non-hydrogen) atoms. The molecule has 0 aliphatic carbocycles. The Balaban J connectivity index is 2.46. The third-order valence-corrected chi connectivity index (χ3v) is 2.68. The lowest BCUT2D eigenvalue weighted by Crippen LogP contribution is -2.07. The summed E-state index contributed by atoms with van der Waals surface area (Å²) < 4.78 is 0. The van der Waals surface area contributed by atoms with Gasteiger partial charge in [0.1, 0.15) is 5.78 Å². The molecule has 0 bridgehead atoms. The van der Waals surface area contributed by atoms with Crippen LogP contribution in [0.5, 0.6) is 0 Å². The Hall–Kier alpha value is -1.11. The van der Waals surface area contributed by atoms with Crippen LogP contribution in [-0.4, -0.2) is 5.78 Å². The Morgan fingerprint density at radius 2 is 1.86 bits per heavy atom. The number of benzene rings is 1.